The molecule has 1 amide bonds. The molecule has 0 radical (unpaired) electrons. The van der Waals surface area contributed by atoms with Crippen molar-refractivity contribution in [1.29, 1.82) is 0 Å². The maximum Gasteiger partial charge on any atom is 0.233 e. The number of anilines is 1. The number of aromatic nitrogens is 1. The van der Waals surface area contributed by atoms with E-state index in [1.165, 1.54) is 34.6 Å². The van der Waals surface area contributed by atoms with E-state index in [0.717, 1.165) is 21.3 Å². The molecule has 1 heterocycles. The fourth-order valence-electron chi connectivity index (χ4n) is 3.18. The van der Waals surface area contributed by atoms with E-state index >= 15 is 0 Å². The van der Waals surface area contributed by atoms with Gasteiger partial charge in [-0.1, -0.05) is 53.8 Å². The summed E-state index contributed by atoms with van der Waals surface area (Å²) in [6, 6.07) is 20.1. The van der Waals surface area contributed by atoms with Crippen LogP contribution in [-0.2, 0) is 17.8 Å². The van der Waals surface area contributed by atoms with Gasteiger partial charge in [-0.15, -0.1) is 0 Å². The molecule has 3 nitrogen and oxygen atoms in total. The van der Waals surface area contributed by atoms with Gasteiger partial charge in [0.2, 0.25) is 5.91 Å². The lowest BCUT2D eigenvalue weighted by molar-refractivity contribution is -0.118. The topological polar surface area (TPSA) is 33.2 Å². The van der Waals surface area contributed by atoms with Gasteiger partial charge < -0.3 is 0 Å². The minimum absolute atomic E-state index is 0.0621. The molecule has 1 aromatic heterocycles. The van der Waals surface area contributed by atoms with Crippen molar-refractivity contribution in [3.05, 3.63) is 94.8 Å². The number of rotatable bonds is 5. The summed E-state index contributed by atoms with van der Waals surface area (Å²) < 4.78 is 14.3. The third-order valence-electron chi connectivity index (χ3n) is 4.98. The first-order chi connectivity index (χ1) is 14.0. The number of aryl methyl sites for hydroxylation is 2. The normalized spacial score (nSPS) is 11.0. The lowest BCUT2D eigenvalue weighted by Crippen LogP contribution is -2.31. The molecular formula is C24H21FN2OS. The van der Waals surface area contributed by atoms with E-state index in [2.05, 4.69) is 26.0 Å². The highest BCUT2D eigenvalue weighted by Gasteiger charge is 2.21. The number of hydrogen-bond acceptors (Lipinski definition) is 3. The summed E-state index contributed by atoms with van der Waals surface area (Å²) in [6.45, 7) is 4.59. The van der Waals surface area contributed by atoms with E-state index in [4.69, 9.17) is 4.98 Å². The van der Waals surface area contributed by atoms with Gasteiger partial charge in [-0.2, -0.15) is 0 Å². The van der Waals surface area contributed by atoms with Crippen molar-refractivity contribution in [2.45, 2.75) is 26.8 Å². The summed E-state index contributed by atoms with van der Waals surface area (Å²) in [4.78, 5) is 19.7. The van der Waals surface area contributed by atoms with Gasteiger partial charge in [-0.3, -0.25) is 9.69 Å². The van der Waals surface area contributed by atoms with Crippen LogP contribution in [0.3, 0.4) is 0 Å². The van der Waals surface area contributed by atoms with E-state index in [1.807, 2.05) is 30.3 Å². The number of thiazole rings is 1. The van der Waals surface area contributed by atoms with Crippen LogP contribution in [0.5, 0.6) is 0 Å². The summed E-state index contributed by atoms with van der Waals surface area (Å²) in [5, 5.41) is 0.681. The van der Waals surface area contributed by atoms with Crippen molar-refractivity contribution < 1.29 is 9.18 Å². The largest absolute Gasteiger partial charge is 0.283 e. The Morgan fingerprint density at radius 1 is 0.966 bits per heavy atom. The van der Waals surface area contributed by atoms with Crippen LogP contribution < -0.4 is 4.90 Å². The number of nitrogens with zero attached hydrogens (tertiary/aromatic N) is 2. The number of fused-ring (bicyclic) bond motifs is 1. The molecule has 0 aliphatic rings. The minimum Gasteiger partial charge on any atom is -0.283 e. The Morgan fingerprint density at radius 2 is 1.66 bits per heavy atom. The van der Waals surface area contributed by atoms with Gasteiger partial charge in [0.05, 0.1) is 23.2 Å². The van der Waals surface area contributed by atoms with Crippen LogP contribution in [0.4, 0.5) is 9.52 Å². The molecule has 0 saturated heterocycles. The smallest absolute Gasteiger partial charge is 0.233 e. The van der Waals surface area contributed by atoms with Crippen LogP contribution in [0.25, 0.3) is 10.2 Å². The fraction of sp³-hybridized carbons (Fsp3) is 0.167. The average Bonchev–Trinajstić information content (AvgIpc) is 3.11. The molecule has 146 valence electrons. The van der Waals surface area contributed by atoms with E-state index in [9.17, 15) is 9.18 Å². The van der Waals surface area contributed by atoms with E-state index in [-0.39, 0.29) is 18.1 Å². The number of halogens is 1. The summed E-state index contributed by atoms with van der Waals surface area (Å²) in [5.41, 5.74) is 5.11. The molecular weight excluding hydrogens is 383 g/mol. The van der Waals surface area contributed by atoms with Crippen LogP contribution in [0, 0.1) is 19.7 Å². The second-order valence-electron chi connectivity index (χ2n) is 7.17. The monoisotopic (exact) mass is 404 g/mol. The van der Waals surface area contributed by atoms with Crippen molar-refractivity contribution in [2.75, 3.05) is 4.90 Å². The molecule has 0 aliphatic heterocycles. The molecule has 3 aromatic carbocycles. The lowest BCUT2D eigenvalue weighted by atomic mass is 10.1. The Labute approximate surface area is 173 Å². The van der Waals surface area contributed by atoms with Crippen molar-refractivity contribution in [2.24, 2.45) is 0 Å². The summed E-state index contributed by atoms with van der Waals surface area (Å²) in [7, 11) is 0. The van der Waals surface area contributed by atoms with Gasteiger partial charge >= 0.3 is 0 Å². The predicted molar refractivity (Wildman–Crippen MR) is 117 cm³/mol. The Morgan fingerprint density at radius 3 is 2.38 bits per heavy atom. The zero-order valence-electron chi connectivity index (χ0n) is 16.4. The third kappa shape index (κ3) is 4.35. The zero-order chi connectivity index (χ0) is 20.4. The van der Waals surface area contributed by atoms with E-state index in [1.54, 1.807) is 17.0 Å². The maximum atomic E-state index is 13.2. The van der Waals surface area contributed by atoms with Crippen LogP contribution in [-0.4, -0.2) is 10.9 Å². The fourth-order valence-corrected chi connectivity index (χ4v) is 4.25. The first-order valence-electron chi connectivity index (χ1n) is 9.46. The molecule has 0 fully saturated rings. The van der Waals surface area contributed by atoms with Crippen LogP contribution in [0.15, 0.2) is 66.7 Å². The number of carbonyl (C=O) groups excluding carboxylic acids is 1. The Hall–Kier alpha value is -3.05. The Balaban J connectivity index is 1.69. The van der Waals surface area contributed by atoms with Gasteiger partial charge in [0.25, 0.3) is 0 Å². The second kappa shape index (κ2) is 8.13. The average molecular weight is 405 g/mol. The van der Waals surface area contributed by atoms with Gasteiger partial charge in [-0.25, -0.2) is 9.37 Å². The van der Waals surface area contributed by atoms with Gasteiger partial charge in [0.15, 0.2) is 5.13 Å². The van der Waals surface area contributed by atoms with Crippen molar-refractivity contribution in [1.82, 2.24) is 4.98 Å². The summed E-state index contributed by atoms with van der Waals surface area (Å²) in [5.74, 6) is -0.368. The van der Waals surface area contributed by atoms with Crippen LogP contribution in [0.1, 0.15) is 22.3 Å². The van der Waals surface area contributed by atoms with Crippen molar-refractivity contribution in [3.63, 3.8) is 0 Å². The molecule has 4 rings (SSSR count). The highest BCUT2D eigenvalue weighted by atomic mass is 32.1. The van der Waals surface area contributed by atoms with Gasteiger partial charge in [0, 0.05) is 0 Å². The molecule has 29 heavy (non-hydrogen) atoms. The highest BCUT2D eigenvalue weighted by Crippen LogP contribution is 2.32. The Kier molecular flexibility index (Phi) is 5.41. The van der Waals surface area contributed by atoms with E-state index in [0.29, 0.717) is 11.7 Å². The summed E-state index contributed by atoms with van der Waals surface area (Å²) >= 11 is 1.52. The minimum atomic E-state index is -0.306. The summed E-state index contributed by atoms with van der Waals surface area (Å²) in [6.07, 6.45) is 0.196. The molecule has 0 saturated carbocycles. The SMILES string of the molecule is Cc1cc2nc(N(Cc3ccccc3)C(=O)Cc3ccc(F)cc3)sc2cc1C. The standard InChI is InChI=1S/C24H21FN2OS/c1-16-12-21-22(13-17(16)2)29-24(26-21)27(15-19-6-4-3-5-7-19)23(28)14-18-8-10-20(25)11-9-18/h3-13H,14-15H2,1-2H3. The molecule has 0 N–H and O–H groups in total. The predicted octanol–water partition coefficient (Wildman–Crippen LogP) is 5.83. The lowest BCUT2D eigenvalue weighted by Gasteiger charge is -2.20. The zero-order valence-corrected chi connectivity index (χ0v) is 17.2. The first-order valence-corrected chi connectivity index (χ1v) is 10.3. The number of carbonyl (C=O) groups is 1. The second-order valence-corrected chi connectivity index (χ2v) is 8.18. The molecule has 4 aromatic rings. The molecule has 0 atom stereocenters. The quantitative estimate of drug-likeness (QED) is 0.419. The molecule has 0 unspecified atom stereocenters. The van der Waals surface area contributed by atoms with Crippen molar-refractivity contribution >= 4 is 32.6 Å². The molecule has 0 spiro atoms. The molecule has 0 aliphatic carbocycles. The molecule has 0 bridgehead atoms. The van der Waals surface area contributed by atoms with Crippen LogP contribution in [0.2, 0.25) is 0 Å². The maximum absolute atomic E-state index is 13.2. The molecule has 5 heteroatoms. The highest BCUT2D eigenvalue weighted by molar-refractivity contribution is 7.22. The van der Waals surface area contributed by atoms with Gasteiger partial charge in [0.1, 0.15) is 5.82 Å². The number of benzene rings is 3. The number of hydrogen-bond donors (Lipinski definition) is 0. The van der Waals surface area contributed by atoms with Gasteiger partial charge in [-0.05, 0) is 60.4 Å². The van der Waals surface area contributed by atoms with E-state index < -0.39 is 0 Å². The number of amides is 1. The first kappa shape index (κ1) is 19.3. The van der Waals surface area contributed by atoms with Crippen LogP contribution >= 0.6 is 11.3 Å². The Bertz CT molecular complexity index is 1110. The third-order valence-corrected chi connectivity index (χ3v) is 6.02. The van der Waals surface area contributed by atoms with Crippen molar-refractivity contribution in [3.8, 4) is 0 Å².